The molecular formula is C22H28N4O2. The van der Waals surface area contributed by atoms with Gasteiger partial charge in [0, 0.05) is 24.4 Å². The molecule has 0 bridgehead atoms. The second-order valence-corrected chi connectivity index (χ2v) is 9.18. The molecule has 1 aromatic carbocycles. The lowest BCUT2D eigenvalue weighted by molar-refractivity contribution is -0.133. The Morgan fingerprint density at radius 2 is 1.89 bits per heavy atom. The molecule has 0 radical (unpaired) electrons. The van der Waals surface area contributed by atoms with Gasteiger partial charge in [0.1, 0.15) is 6.04 Å². The Kier molecular flexibility index (Phi) is 4.00. The summed E-state index contributed by atoms with van der Waals surface area (Å²) < 4.78 is 5.87. The second-order valence-electron chi connectivity index (χ2n) is 9.18. The van der Waals surface area contributed by atoms with Crippen LogP contribution in [0, 0.1) is 5.41 Å². The van der Waals surface area contributed by atoms with E-state index in [1.165, 1.54) is 18.4 Å². The average molecular weight is 380 g/mol. The summed E-state index contributed by atoms with van der Waals surface area (Å²) in [7, 11) is 0. The van der Waals surface area contributed by atoms with Crippen LogP contribution in [0.5, 0.6) is 0 Å². The fourth-order valence-corrected chi connectivity index (χ4v) is 4.70. The predicted octanol–water partition coefficient (Wildman–Crippen LogP) is 3.72. The van der Waals surface area contributed by atoms with Crippen molar-refractivity contribution in [2.75, 3.05) is 18.4 Å². The fraction of sp³-hybridized carbons (Fsp3) is 0.591. The van der Waals surface area contributed by atoms with E-state index in [2.05, 4.69) is 46.7 Å². The van der Waals surface area contributed by atoms with Crippen LogP contribution in [0.15, 0.2) is 34.7 Å². The van der Waals surface area contributed by atoms with Gasteiger partial charge in [0.15, 0.2) is 0 Å². The number of nitrogens with zero attached hydrogens (tertiary/aromatic N) is 3. The van der Waals surface area contributed by atoms with Crippen molar-refractivity contribution in [3.63, 3.8) is 0 Å². The Morgan fingerprint density at radius 3 is 2.57 bits per heavy atom. The molecule has 148 valence electrons. The van der Waals surface area contributed by atoms with Crippen molar-refractivity contribution in [3.05, 3.63) is 41.8 Å². The average Bonchev–Trinajstić information content (AvgIpc) is 3.58. The van der Waals surface area contributed by atoms with Crippen LogP contribution in [-0.4, -0.2) is 40.1 Å². The molecule has 1 aromatic heterocycles. The highest BCUT2D eigenvalue weighted by Crippen LogP contribution is 2.59. The number of rotatable bonds is 5. The van der Waals surface area contributed by atoms with Crippen LogP contribution in [-0.2, 0) is 10.2 Å². The van der Waals surface area contributed by atoms with Crippen molar-refractivity contribution < 1.29 is 9.21 Å². The largest absolute Gasteiger partial charge is 0.408 e. The quantitative estimate of drug-likeness (QED) is 0.856. The van der Waals surface area contributed by atoms with Crippen LogP contribution in [0.3, 0.4) is 0 Å². The minimum absolute atomic E-state index is 0.0546. The first-order chi connectivity index (χ1) is 13.5. The number of hydrogen-bond acceptors (Lipinski definition) is 5. The number of carbonyl (C=O) groups is 1. The maximum atomic E-state index is 12.7. The summed E-state index contributed by atoms with van der Waals surface area (Å²) in [6.45, 7) is 5.85. The maximum Gasteiger partial charge on any atom is 0.316 e. The summed E-state index contributed by atoms with van der Waals surface area (Å²) >= 11 is 0. The normalized spacial score (nSPS) is 28.8. The molecular weight excluding hydrogens is 352 g/mol. The third-order valence-electron chi connectivity index (χ3n) is 7.21. The molecule has 5 rings (SSSR count). The van der Waals surface area contributed by atoms with Crippen molar-refractivity contribution in [2.45, 2.75) is 63.3 Å². The second kappa shape index (κ2) is 6.33. The number of hydrogen-bond donors (Lipinski definition) is 1. The summed E-state index contributed by atoms with van der Waals surface area (Å²) in [5.74, 6) is 1.01. The molecule has 3 aliphatic rings. The first-order valence-electron chi connectivity index (χ1n) is 10.4. The molecule has 1 spiro atoms. The van der Waals surface area contributed by atoms with E-state index in [1.54, 1.807) is 0 Å². The fourth-order valence-electron chi connectivity index (χ4n) is 4.70. The van der Waals surface area contributed by atoms with Gasteiger partial charge < -0.3 is 14.6 Å². The standard InChI is InChI=1S/C22H28N4O2/c1-15(19(27)26-12-10-22(8-9-22)11-13-26)23-20-25-24-18(28-20)17-14-21(17,2)16-6-4-3-5-7-16/h3-7,15,17H,8-14H2,1-2H3,(H,23,25). The molecule has 3 unspecified atom stereocenters. The van der Waals surface area contributed by atoms with Gasteiger partial charge in [-0.1, -0.05) is 42.4 Å². The number of carbonyl (C=O) groups excluding carboxylic acids is 1. The van der Waals surface area contributed by atoms with E-state index in [4.69, 9.17) is 4.42 Å². The van der Waals surface area contributed by atoms with E-state index < -0.39 is 0 Å². The highest BCUT2D eigenvalue weighted by molar-refractivity contribution is 5.83. The molecule has 1 aliphatic heterocycles. The lowest BCUT2D eigenvalue weighted by atomic mass is 9.93. The lowest BCUT2D eigenvalue weighted by Gasteiger charge is -2.33. The predicted molar refractivity (Wildman–Crippen MR) is 106 cm³/mol. The molecule has 2 aliphatic carbocycles. The maximum absolute atomic E-state index is 12.7. The minimum atomic E-state index is -0.360. The number of piperidine rings is 1. The molecule has 2 heterocycles. The smallest absolute Gasteiger partial charge is 0.316 e. The molecule has 1 saturated heterocycles. The Bertz CT molecular complexity index is 866. The minimum Gasteiger partial charge on any atom is -0.408 e. The van der Waals surface area contributed by atoms with Crippen molar-refractivity contribution >= 4 is 11.9 Å². The van der Waals surface area contributed by atoms with Crippen LogP contribution in [0.25, 0.3) is 0 Å². The highest BCUT2D eigenvalue weighted by atomic mass is 16.4. The van der Waals surface area contributed by atoms with E-state index in [9.17, 15) is 4.79 Å². The third kappa shape index (κ3) is 3.09. The van der Waals surface area contributed by atoms with Gasteiger partial charge in [0.05, 0.1) is 0 Å². The van der Waals surface area contributed by atoms with Gasteiger partial charge in [0.25, 0.3) is 0 Å². The van der Waals surface area contributed by atoms with Gasteiger partial charge in [-0.2, -0.15) is 0 Å². The van der Waals surface area contributed by atoms with Gasteiger partial charge in [-0.05, 0) is 50.0 Å². The molecule has 28 heavy (non-hydrogen) atoms. The molecule has 1 N–H and O–H groups in total. The monoisotopic (exact) mass is 380 g/mol. The van der Waals surface area contributed by atoms with Crippen LogP contribution in [0.4, 0.5) is 6.01 Å². The van der Waals surface area contributed by atoms with E-state index in [1.807, 2.05) is 17.9 Å². The van der Waals surface area contributed by atoms with Crippen molar-refractivity contribution in [1.82, 2.24) is 15.1 Å². The summed E-state index contributed by atoms with van der Waals surface area (Å²) in [4.78, 5) is 14.7. The Labute approximate surface area is 165 Å². The van der Waals surface area contributed by atoms with Crippen molar-refractivity contribution in [1.29, 1.82) is 0 Å². The summed E-state index contributed by atoms with van der Waals surface area (Å²) in [5, 5.41) is 11.5. The number of aromatic nitrogens is 2. The molecule has 2 saturated carbocycles. The first kappa shape index (κ1) is 17.7. The third-order valence-corrected chi connectivity index (χ3v) is 7.21. The number of likely N-dealkylation sites (tertiary alicyclic amines) is 1. The lowest BCUT2D eigenvalue weighted by Crippen LogP contribution is -2.45. The SMILES string of the molecule is CC(Nc1nnc(C2CC2(C)c2ccccc2)o1)C(=O)N1CCC2(CC1)CC2. The molecule has 6 heteroatoms. The Morgan fingerprint density at radius 1 is 1.18 bits per heavy atom. The summed E-state index contributed by atoms with van der Waals surface area (Å²) in [5.41, 5.74) is 1.93. The number of anilines is 1. The van der Waals surface area contributed by atoms with Gasteiger partial charge in [-0.15, -0.1) is 5.10 Å². The number of amides is 1. The highest BCUT2D eigenvalue weighted by Gasteiger charge is 2.55. The van der Waals surface area contributed by atoms with Crippen molar-refractivity contribution in [3.8, 4) is 0 Å². The van der Waals surface area contributed by atoms with Gasteiger partial charge in [0.2, 0.25) is 11.8 Å². The van der Waals surface area contributed by atoms with E-state index in [0.29, 0.717) is 17.3 Å². The zero-order valence-corrected chi connectivity index (χ0v) is 16.6. The van der Waals surface area contributed by atoms with Gasteiger partial charge >= 0.3 is 6.01 Å². The summed E-state index contributed by atoms with van der Waals surface area (Å²) in [6.07, 6.45) is 5.99. The van der Waals surface area contributed by atoms with Crippen molar-refractivity contribution in [2.24, 2.45) is 5.41 Å². The van der Waals surface area contributed by atoms with Gasteiger partial charge in [-0.25, -0.2) is 0 Å². The van der Waals surface area contributed by atoms with Crippen LogP contribution < -0.4 is 5.32 Å². The molecule has 3 fully saturated rings. The van der Waals surface area contributed by atoms with Crippen LogP contribution >= 0.6 is 0 Å². The van der Waals surface area contributed by atoms with E-state index >= 15 is 0 Å². The molecule has 3 atom stereocenters. The van der Waals surface area contributed by atoms with Gasteiger partial charge in [-0.3, -0.25) is 4.79 Å². The molecule has 1 amide bonds. The Hall–Kier alpha value is -2.37. The zero-order valence-electron chi connectivity index (χ0n) is 16.6. The van der Waals surface area contributed by atoms with E-state index in [0.717, 1.165) is 32.4 Å². The Balaban J connectivity index is 1.19. The zero-order chi connectivity index (χ0) is 19.4. The summed E-state index contributed by atoms with van der Waals surface area (Å²) in [6, 6.07) is 10.5. The number of benzene rings is 1. The van der Waals surface area contributed by atoms with Crippen LogP contribution in [0.1, 0.15) is 63.3 Å². The molecule has 2 aromatic rings. The molecule has 6 nitrogen and oxygen atoms in total. The number of nitrogens with one attached hydrogen (secondary N) is 1. The van der Waals surface area contributed by atoms with Crippen LogP contribution in [0.2, 0.25) is 0 Å². The topological polar surface area (TPSA) is 71.3 Å². The first-order valence-corrected chi connectivity index (χ1v) is 10.4. The van der Waals surface area contributed by atoms with E-state index in [-0.39, 0.29) is 23.3 Å².